The van der Waals surface area contributed by atoms with Gasteiger partial charge in [0.25, 0.3) is 0 Å². The number of nitrogens with one attached hydrogen (secondary N) is 1. The van der Waals surface area contributed by atoms with Gasteiger partial charge in [-0.25, -0.2) is 9.37 Å². The molecule has 1 aliphatic carbocycles. The van der Waals surface area contributed by atoms with Gasteiger partial charge in [0.15, 0.2) is 11.6 Å². The molecule has 0 amide bonds. The van der Waals surface area contributed by atoms with Crippen molar-refractivity contribution in [1.29, 1.82) is 0 Å². The van der Waals surface area contributed by atoms with Gasteiger partial charge in [-0.1, -0.05) is 6.92 Å². The predicted molar refractivity (Wildman–Crippen MR) is 71.4 cm³/mol. The Bertz CT molecular complexity index is 406. The van der Waals surface area contributed by atoms with Crippen molar-refractivity contribution in [3.63, 3.8) is 0 Å². The number of hydrogen-bond acceptors (Lipinski definition) is 4. The predicted octanol–water partition coefficient (Wildman–Crippen LogP) is 2.67. The summed E-state index contributed by atoms with van der Waals surface area (Å²) in [5.41, 5.74) is 0. The normalized spacial score (nSPS) is 16.4. The number of nitrogens with zero attached hydrogens (tertiary/aromatic N) is 3. The van der Waals surface area contributed by atoms with Crippen LogP contribution in [0.15, 0.2) is 6.20 Å². The zero-order valence-corrected chi connectivity index (χ0v) is 11.3. The summed E-state index contributed by atoms with van der Waals surface area (Å²) in [4.78, 5) is 10.1. The summed E-state index contributed by atoms with van der Waals surface area (Å²) in [6.45, 7) is 4.99. The zero-order valence-electron chi connectivity index (χ0n) is 11.3. The van der Waals surface area contributed by atoms with Crippen LogP contribution in [-0.2, 0) is 0 Å². The molecule has 0 aromatic carbocycles. The Hall–Kier alpha value is -1.39. The van der Waals surface area contributed by atoms with E-state index in [0.717, 1.165) is 13.0 Å². The molecule has 1 unspecified atom stereocenters. The van der Waals surface area contributed by atoms with Crippen LogP contribution in [-0.4, -0.2) is 29.6 Å². The molecule has 0 aliphatic heterocycles. The number of hydrogen-bond donors (Lipinski definition) is 1. The summed E-state index contributed by atoms with van der Waals surface area (Å²) in [7, 11) is 1.90. The van der Waals surface area contributed by atoms with Crippen molar-refractivity contribution in [3.05, 3.63) is 12.0 Å². The van der Waals surface area contributed by atoms with Crippen molar-refractivity contribution in [1.82, 2.24) is 9.97 Å². The number of aromatic nitrogens is 2. The topological polar surface area (TPSA) is 41.1 Å². The molecule has 1 saturated carbocycles. The second-order valence-electron chi connectivity index (χ2n) is 4.98. The van der Waals surface area contributed by atoms with Crippen LogP contribution in [0.1, 0.15) is 33.1 Å². The summed E-state index contributed by atoms with van der Waals surface area (Å²) in [6.07, 6.45) is 4.71. The Labute approximate surface area is 108 Å². The van der Waals surface area contributed by atoms with E-state index in [1.807, 2.05) is 11.9 Å². The third kappa shape index (κ3) is 2.89. The first-order valence-corrected chi connectivity index (χ1v) is 6.62. The van der Waals surface area contributed by atoms with E-state index in [1.54, 1.807) is 0 Å². The summed E-state index contributed by atoms with van der Waals surface area (Å²) in [5.74, 6) is 1.22. The van der Waals surface area contributed by atoms with Crippen molar-refractivity contribution in [2.45, 2.75) is 39.2 Å². The first kappa shape index (κ1) is 13.1. The third-order valence-electron chi connectivity index (χ3n) is 3.51. The SMILES string of the molecule is CCCNc1ncc(F)c(N(C)C(C)C2CC2)n1. The minimum absolute atomic E-state index is 0.327. The van der Waals surface area contributed by atoms with E-state index >= 15 is 0 Å². The highest BCUT2D eigenvalue weighted by Gasteiger charge is 2.32. The van der Waals surface area contributed by atoms with Gasteiger partial charge in [-0.3, -0.25) is 0 Å². The molecule has 1 atom stereocenters. The Morgan fingerprint density at radius 3 is 2.89 bits per heavy atom. The third-order valence-corrected chi connectivity index (χ3v) is 3.51. The van der Waals surface area contributed by atoms with Crippen molar-refractivity contribution in [2.24, 2.45) is 5.92 Å². The van der Waals surface area contributed by atoms with Gasteiger partial charge in [-0.05, 0) is 32.1 Å². The molecule has 1 aromatic rings. The molecular weight excluding hydrogens is 231 g/mol. The maximum atomic E-state index is 13.8. The number of halogens is 1. The van der Waals surface area contributed by atoms with Crippen LogP contribution in [0.3, 0.4) is 0 Å². The van der Waals surface area contributed by atoms with Crippen LogP contribution in [0.2, 0.25) is 0 Å². The van der Waals surface area contributed by atoms with Gasteiger partial charge in [0, 0.05) is 19.6 Å². The van der Waals surface area contributed by atoms with Gasteiger partial charge in [0.1, 0.15) is 0 Å². The van der Waals surface area contributed by atoms with Gasteiger partial charge in [0.05, 0.1) is 6.20 Å². The number of rotatable bonds is 6. The van der Waals surface area contributed by atoms with Crippen molar-refractivity contribution in [2.75, 3.05) is 23.8 Å². The fraction of sp³-hybridized carbons (Fsp3) is 0.692. The molecule has 1 fully saturated rings. The van der Waals surface area contributed by atoms with E-state index in [1.165, 1.54) is 19.0 Å². The lowest BCUT2D eigenvalue weighted by Gasteiger charge is -2.26. The van der Waals surface area contributed by atoms with E-state index < -0.39 is 0 Å². The Kier molecular flexibility index (Phi) is 3.99. The Morgan fingerprint density at radius 1 is 1.56 bits per heavy atom. The van der Waals surface area contributed by atoms with Crippen molar-refractivity contribution in [3.8, 4) is 0 Å². The maximum absolute atomic E-state index is 13.8. The highest BCUT2D eigenvalue weighted by molar-refractivity contribution is 5.44. The standard InChI is InChI=1S/C13H21FN4/c1-4-7-15-13-16-8-11(14)12(17-13)18(3)9(2)10-5-6-10/h8-10H,4-7H2,1-3H3,(H,15,16,17). The molecule has 2 rings (SSSR count). The Balaban J connectivity index is 2.13. The molecule has 5 heteroatoms. The van der Waals surface area contributed by atoms with Crippen LogP contribution in [0.25, 0.3) is 0 Å². The average molecular weight is 252 g/mol. The van der Waals surface area contributed by atoms with Crippen molar-refractivity contribution >= 4 is 11.8 Å². The van der Waals surface area contributed by atoms with Gasteiger partial charge in [0.2, 0.25) is 5.95 Å². The van der Waals surface area contributed by atoms with E-state index in [9.17, 15) is 4.39 Å². The van der Waals surface area contributed by atoms with Gasteiger partial charge in [-0.2, -0.15) is 4.98 Å². The van der Waals surface area contributed by atoms with Crippen LogP contribution >= 0.6 is 0 Å². The molecule has 0 saturated heterocycles. The molecule has 0 spiro atoms. The quantitative estimate of drug-likeness (QED) is 0.845. The molecule has 0 radical (unpaired) electrons. The monoisotopic (exact) mass is 252 g/mol. The first-order valence-electron chi connectivity index (χ1n) is 6.62. The molecule has 1 aromatic heterocycles. The molecular formula is C13H21FN4. The lowest BCUT2D eigenvalue weighted by molar-refractivity contribution is 0.564. The first-order chi connectivity index (χ1) is 8.63. The van der Waals surface area contributed by atoms with Crippen LogP contribution in [0.5, 0.6) is 0 Å². The van der Waals surface area contributed by atoms with E-state index in [-0.39, 0.29) is 5.82 Å². The number of anilines is 2. The second kappa shape index (κ2) is 5.50. The minimum Gasteiger partial charge on any atom is -0.354 e. The lowest BCUT2D eigenvalue weighted by Crippen LogP contribution is -2.32. The molecule has 1 N–H and O–H groups in total. The molecule has 100 valence electrons. The fourth-order valence-corrected chi connectivity index (χ4v) is 2.02. The molecule has 1 aliphatic rings. The Morgan fingerprint density at radius 2 is 2.28 bits per heavy atom. The van der Waals surface area contributed by atoms with Gasteiger partial charge >= 0.3 is 0 Å². The summed E-state index contributed by atoms with van der Waals surface area (Å²) >= 11 is 0. The maximum Gasteiger partial charge on any atom is 0.224 e. The summed E-state index contributed by atoms with van der Waals surface area (Å²) in [6, 6.07) is 0.327. The van der Waals surface area contributed by atoms with Gasteiger partial charge in [-0.15, -0.1) is 0 Å². The lowest BCUT2D eigenvalue weighted by atomic mass is 10.2. The highest BCUT2D eigenvalue weighted by Crippen LogP contribution is 2.36. The average Bonchev–Trinajstić information content (AvgIpc) is 3.20. The minimum atomic E-state index is -0.355. The molecule has 1 heterocycles. The van der Waals surface area contributed by atoms with Crippen LogP contribution in [0.4, 0.5) is 16.2 Å². The van der Waals surface area contributed by atoms with E-state index in [0.29, 0.717) is 23.7 Å². The summed E-state index contributed by atoms with van der Waals surface area (Å²) < 4.78 is 13.8. The fourth-order valence-electron chi connectivity index (χ4n) is 2.02. The molecule has 4 nitrogen and oxygen atoms in total. The van der Waals surface area contributed by atoms with Crippen LogP contribution in [0, 0.1) is 11.7 Å². The van der Waals surface area contributed by atoms with E-state index in [4.69, 9.17) is 0 Å². The molecule has 18 heavy (non-hydrogen) atoms. The smallest absolute Gasteiger partial charge is 0.224 e. The molecule has 0 bridgehead atoms. The highest BCUT2D eigenvalue weighted by atomic mass is 19.1. The zero-order chi connectivity index (χ0) is 13.1. The van der Waals surface area contributed by atoms with Crippen molar-refractivity contribution < 1.29 is 4.39 Å². The summed E-state index contributed by atoms with van der Waals surface area (Å²) in [5, 5.41) is 3.09. The largest absolute Gasteiger partial charge is 0.354 e. The van der Waals surface area contributed by atoms with Gasteiger partial charge < -0.3 is 10.2 Å². The second-order valence-corrected chi connectivity index (χ2v) is 4.98. The van der Waals surface area contributed by atoms with E-state index in [2.05, 4.69) is 29.1 Å². The van der Waals surface area contributed by atoms with Crippen LogP contribution < -0.4 is 10.2 Å².